The number of aryl methyl sites for hydroxylation is 1. The number of halogens is 1. The van der Waals surface area contributed by atoms with Crippen LogP contribution in [0, 0.1) is 0 Å². The molecule has 0 fully saturated rings. The van der Waals surface area contributed by atoms with E-state index >= 15 is 0 Å². The second-order valence-corrected chi connectivity index (χ2v) is 8.17. The van der Waals surface area contributed by atoms with Crippen LogP contribution in [0.2, 0.25) is 5.02 Å². The van der Waals surface area contributed by atoms with Gasteiger partial charge >= 0.3 is 0 Å². The van der Waals surface area contributed by atoms with Crippen molar-refractivity contribution in [2.24, 2.45) is 0 Å². The highest BCUT2D eigenvalue weighted by atomic mass is 35.5. The number of tetrazole rings is 1. The highest BCUT2D eigenvalue weighted by molar-refractivity contribution is 7.99. The number of rotatable bonds is 11. The molecule has 0 saturated heterocycles. The van der Waals surface area contributed by atoms with E-state index in [1.165, 1.54) is 0 Å². The van der Waals surface area contributed by atoms with E-state index in [1.807, 2.05) is 30.3 Å². The molecular weight excluding hydrogens is 436 g/mol. The predicted octanol–water partition coefficient (Wildman–Crippen LogP) is 4.92. The van der Waals surface area contributed by atoms with Crippen LogP contribution in [0.15, 0.2) is 64.2 Å². The third kappa shape index (κ3) is 6.53. The number of thioether (sulfide) groups is 1. The molecule has 4 rings (SSSR count). The molecule has 4 aromatic rings. The molecule has 2 aromatic carbocycles. The Kier molecular flexibility index (Phi) is 7.51. The van der Waals surface area contributed by atoms with Crippen molar-refractivity contribution in [3.63, 3.8) is 0 Å². The lowest BCUT2D eigenvalue weighted by Crippen LogP contribution is -2.02. The van der Waals surface area contributed by atoms with E-state index in [1.54, 1.807) is 40.8 Å². The number of benzene rings is 2. The van der Waals surface area contributed by atoms with Crippen LogP contribution in [0.25, 0.3) is 11.4 Å². The highest BCUT2D eigenvalue weighted by Gasteiger charge is 2.08. The fourth-order valence-corrected chi connectivity index (χ4v) is 3.67. The monoisotopic (exact) mass is 456 g/mol. The van der Waals surface area contributed by atoms with Gasteiger partial charge in [-0.2, -0.15) is 4.80 Å². The minimum absolute atomic E-state index is 0.227. The van der Waals surface area contributed by atoms with Crippen molar-refractivity contribution in [1.82, 2.24) is 30.4 Å². The van der Waals surface area contributed by atoms with Crippen LogP contribution in [0.5, 0.6) is 5.75 Å². The maximum absolute atomic E-state index is 5.86. The molecule has 0 amide bonds. The molecule has 0 atom stereocenters. The summed E-state index contributed by atoms with van der Waals surface area (Å²) in [6.07, 6.45) is 3.06. The van der Waals surface area contributed by atoms with E-state index in [0.29, 0.717) is 27.7 Å². The zero-order valence-electron chi connectivity index (χ0n) is 16.7. The zero-order chi connectivity index (χ0) is 21.3. The van der Waals surface area contributed by atoms with Gasteiger partial charge < -0.3 is 9.15 Å². The lowest BCUT2D eigenvalue weighted by atomic mass is 10.2. The van der Waals surface area contributed by atoms with E-state index in [2.05, 4.69) is 25.6 Å². The maximum Gasteiger partial charge on any atom is 0.276 e. The minimum Gasteiger partial charge on any atom is -0.484 e. The van der Waals surface area contributed by atoms with Gasteiger partial charge in [-0.15, -0.1) is 20.4 Å². The fraction of sp³-hybridized carbons (Fsp3) is 0.286. The average Bonchev–Trinajstić information content (AvgIpc) is 3.46. The molecule has 2 aromatic heterocycles. The summed E-state index contributed by atoms with van der Waals surface area (Å²) in [5, 5.41) is 22.0. The van der Waals surface area contributed by atoms with Crippen molar-refractivity contribution in [3.8, 4) is 17.1 Å². The van der Waals surface area contributed by atoms with Crippen LogP contribution in [-0.4, -0.2) is 36.2 Å². The van der Waals surface area contributed by atoms with E-state index in [4.69, 9.17) is 20.8 Å². The number of unbranched alkanes of at least 4 members (excludes halogenated alkanes) is 2. The number of aromatic nitrogens is 6. The van der Waals surface area contributed by atoms with E-state index in [9.17, 15) is 0 Å². The third-order valence-electron chi connectivity index (χ3n) is 4.34. The molecule has 31 heavy (non-hydrogen) atoms. The first-order valence-corrected chi connectivity index (χ1v) is 11.3. The topological polar surface area (TPSA) is 91.8 Å². The number of ether oxygens (including phenoxy) is 1. The van der Waals surface area contributed by atoms with Gasteiger partial charge in [-0.1, -0.05) is 60.1 Å². The van der Waals surface area contributed by atoms with Gasteiger partial charge in [0.1, 0.15) is 5.75 Å². The van der Waals surface area contributed by atoms with Gasteiger partial charge in [0.05, 0.1) is 6.54 Å². The molecule has 0 unspecified atom stereocenters. The highest BCUT2D eigenvalue weighted by Crippen LogP contribution is 2.20. The van der Waals surface area contributed by atoms with Crippen molar-refractivity contribution in [3.05, 3.63) is 65.5 Å². The largest absolute Gasteiger partial charge is 0.484 e. The molecule has 0 aliphatic heterocycles. The van der Waals surface area contributed by atoms with E-state index in [0.717, 1.165) is 37.1 Å². The summed E-state index contributed by atoms with van der Waals surface area (Å²) in [7, 11) is 0. The van der Waals surface area contributed by atoms with E-state index < -0.39 is 0 Å². The summed E-state index contributed by atoms with van der Waals surface area (Å²) in [6, 6.07) is 17.0. The predicted molar refractivity (Wildman–Crippen MR) is 118 cm³/mol. The molecule has 8 nitrogen and oxygen atoms in total. The Labute approximate surface area is 189 Å². The van der Waals surface area contributed by atoms with Gasteiger partial charge in [-0.3, -0.25) is 0 Å². The normalized spacial score (nSPS) is 11.0. The van der Waals surface area contributed by atoms with Crippen molar-refractivity contribution in [2.45, 2.75) is 37.6 Å². The van der Waals surface area contributed by atoms with Crippen LogP contribution in [0.1, 0.15) is 25.2 Å². The van der Waals surface area contributed by atoms with Gasteiger partial charge in [-0.05, 0) is 42.3 Å². The number of hydrogen-bond acceptors (Lipinski definition) is 8. The molecule has 0 spiro atoms. The second-order valence-electron chi connectivity index (χ2n) is 6.69. The van der Waals surface area contributed by atoms with Crippen molar-refractivity contribution in [1.29, 1.82) is 0 Å². The summed E-state index contributed by atoms with van der Waals surface area (Å²) < 4.78 is 11.2. The molecule has 0 bridgehead atoms. The van der Waals surface area contributed by atoms with Gasteiger partial charge in [-0.25, -0.2) is 0 Å². The van der Waals surface area contributed by atoms with Gasteiger partial charge in [0.25, 0.3) is 11.1 Å². The Morgan fingerprint density at radius 2 is 1.77 bits per heavy atom. The quantitative estimate of drug-likeness (QED) is 0.232. The number of nitrogens with zero attached hydrogens (tertiary/aromatic N) is 6. The third-order valence-corrected chi connectivity index (χ3v) is 5.49. The van der Waals surface area contributed by atoms with Crippen molar-refractivity contribution in [2.75, 3.05) is 5.75 Å². The molecule has 0 N–H and O–H groups in total. The first-order chi connectivity index (χ1) is 15.3. The average molecular weight is 457 g/mol. The van der Waals surface area contributed by atoms with Crippen LogP contribution in [0.4, 0.5) is 0 Å². The molecule has 2 heterocycles. The Hall–Kier alpha value is -2.91. The van der Waals surface area contributed by atoms with Crippen molar-refractivity contribution < 1.29 is 9.15 Å². The van der Waals surface area contributed by atoms with Gasteiger partial charge in [0, 0.05) is 16.3 Å². The molecule has 0 saturated carbocycles. The van der Waals surface area contributed by atoms with Crippen LogP contribution < -0.4 is 4.74 Å². The second kappa shape index (κ2) is 10.9. The molecule has 10 heteroatoms. The fourth-order valence-electron chi connectivity index (χ4n) is 2.76. The first kappa shape index (κ1) is 21.3. The van der Waals surface area contributed by atoms with Gasteiger partial charge in [0.15, 0.2) is 6.61 Å². The molecule has 160 valence electrons. The maximum atomic E-state index is 5.86. The summed E-state index contributed by atoms with van der Waals surface area (Å²) in [5.74, 6) is 2.71. The van der Waals surface area contributed by atoms with Crippen LogP contribution in [0.3, 0.4) is 0 Å². The zero-order valence-corrected chi connectivity index (χ0v) is 18.3. The molecule has 0 radical (unpaired) electrons. The Morgan fingerprint density at radius 1 is 0.935 bits per heavy atom. The molecule has 0 aliphatic rings. The number of hydrogen-bond donors (Lipinski definition) is 0. The Bertz CT molecular complexity index is 1070. The Morgan fingerprint density at radius 3 is 2.61 bits per heavy atom. The minimum atomic E-state index is 0.227. The van der Waals surface area contributed by atoms with Gasteiger partial charge in [0.2, 0.25) is 5.82 Å². The van der Waals surface area contributed by atoms with Crippen LogP contribution >= 0.6 is 23.4 Å². The summed E-state index contributed by atoms with van der Waals surface area (Å²) >= 11 is 7.41. The SMILES string of the molecule is Clc1ccc(OCc2nnc(SCCCCCn3nnc(-c4ccccc4)n3)o2)cc1. The lowest BCUT2D eigenvalue weighted by molar-refractivity contribution is 0.252. The molecular formula is C21H21ClN6O2S. The summed E-state index contributed by atoms with van der Waals surface area (Å²) in [5.41, 5.74) is 0.975. The van der Waals surface area contributed by atoms with E-state index in [-0.39, 0.29) is 6.61 Å². The van der Waals surface area contributed by atoms with Crippen LogP contribution in [-0.2, 0) is 13.2 Å². The lowest BCUT2D eigenvalue weighted by Gasteiger charge is -2.02. The van der Waals surface area contributed by atoms with Crippen molar-refractivity contribution >= 4 is 23.4 Å². The summed E-state index contributed by atoms with van der Waals surface area (Å²) in [6.45, 7) is 0.975. The summed E-state index contributed by atoms with van der Waals surface area (Å²) in [4.78, 5) is 1.65. The first-order valence-electron chi connectivity index (χ1n) is 9.93. The molecule has 0 aliphatic carbocycles. The smallest absolute Gasteiger partial charge is 0.276 e. The Balaban J connectivity index is 1.11. The standard InChI is InChI=1S/C21H21ClN6O2S/c22-17-9-11-18(12-10-17)29-15-19-23-25-21(30-19)31-14-6-2-5-13-28-26-20(24-27-28)16-7-3-1-4-8-16/h1,3-4,7-12H,2,5-6,13-15H2.